The predicted molar refractivity (Wildman–Crippen MR) is 38.7 cm³/mol. The molecule has 0 aromatic heterocycles. The first-order chi connectivity index (χ1) is 2.89. The van der Waals surface area contributed by atoms with E-state index < -0.39 is 0 Å². The van der Waals surface area contributed by atoms with Crippen LogP contribution in [-0.2, 0) is 0 Å². The molecule has 7 heavy (non-hydrogen) atoms. The molecular formula is C5H7BrMg. The number of hydrogen-bond donors (Lipinski definition) is 0. The van der Waals surface area contributed by atoms with Crippen molar-refractivity contribution in [3.63, 3.8) is 0 Å². The molecule has 0 N–H and O–H groups in total. The van der Waals surface area contributed by atoms with Gasteiger partial charge in [-0.1, -0.05) is 34.2 Å². The molecule has 0 aromatic rings. The Labute approximate surface area is 70.9 Å². The van der Waals surface area contributed by atoms with Crippen molar-refractivity contribution in [3.05, 3.63) is 22.7 Å². The van der Waals surface area contributed by atoms with Gasteiger partial charge in [-0.05, 0) is 10.9 Å². The largest absolute Gasteiger partial charge is 2.00 e. The van der Waals surface area contributed by atoms with Crippen molar-refractivity contribution >= 4 is 39.0 Å². The van der Waals surface area contributed by atoms with Crippen LogP contribution in [0.5, 0.6) is 0 Å². The molecule has 0 amide bonds. The van der Waals surface area contributed by atoms with Gasteiger partial charge >= 0.3 is 23.1 Å². The minimum Gasteiger partial charge on any atom is -1.00 e. The van der Waals surface area contributed by atoms with Crippen molar-refractivity contribution in [2.24, 2.45) is 0 Å². The minimum atomic E-state index is 0. The van der Waals surface area contributed by atoms with Crippen LogP contribution in [-0.4, -0.2) is 23.1 Å². The van der Waals surface area contributed by atoms with Gasteiger partial charge in [-0.2, -0.15) is 0 Å². The first-order valence-corrected chi connectivity index (χ1v) is 2.70. The Kier molecular flexibility index (Phi) is 4.08. The Morgan fingerprint density at radius 1 is 1.71 bits per heavy atom. The topological polar surface area (TPSA) is 0 Å². The van der Waals surface area contributed by atoms with E-state index in [4.69, 9.17) is 0 Å². The molecule has 0 nitrogen and oxygen atoms in total. The Bertz CT molecular complexity index is 112. The molecule has 0 heterocycles. The average molecular weight is 171 g/mol. The van der Waals surface area contributed by atoms with Gasteiger partial charge in [-0.25, -0.2) is 0 Å². The normalized spacial score (nSPS) is 15.9. The monoisotopic (exact) mass is 170 g/mol. The summed E-state index contributed by atoms with van der Waals surface area (Å²) in [5, 5.41) is 0. The van der Waals surface area contributed by atoms with Crippen LogP contribution in [0, 0.1) is 0 Å². The first kappa shape index (κ1) is 7.73. The van der Waals surface area contributed by atoms with E-state index in [9.17, 15) is 0 Å². The fourth-order valence-electron chi connectivity index (χ4n) is 0.421. The third-order valence-electron chi connectivity index (χ3n) is 0.726. The minimum absolute atomic E-state index is 0. The SMILES string of the molecule is BrC1=CC=CC1.[H-].[H-].[Mg+2]. The maximum absolute atomic E-state index is 3.34. The zero-order valence-electron chi connectivity index (χ0n) is 6.02. The molecule has 0 spiro atoms. The summed E-state index contributed by atoms with van der Waals surface area (Å²) >= 11 is 3.34. The Morgan fingerprint density at radius 2 is 2.43 bits per heavy atom. The molecule has 0 aliphatic heterocycles. The Morgan fingerprint density at radius 3 is 2.57 bits per heavy atom. The molecule has 2 heteroatoms. The first-order valence-electron chi connectivity index (χ1n) is 1.91. The quantitative estimate of drug-likeness (QED) is 0.489. The van der Waals surface area contributed by atoms with E-state index in [-0.39, 0.29) is 25.9 Å². The molecule has 0 fully saturated rings. The van der Waals surface area contributed by atoms with Crippen LogP contribution in [0.4, 0.5) is 0 Å². The van der Waals surface area contributed by atoms with E-state index in [1.54, 1.807) is 0 Å². The molecule has 0 unspecified atom stereocenters. The summed E-state index contributed by atoms with van der Waals surface area (Å²) in [4.78, 5) is 0. The number of allylic oxidation sites excluding steroid dienone is 4. The summed E-state index contributed by atoms with van der Waals surface area (Å²) in [7, 11) is 0. The third-order valence-corrected chi connectivity index (χ3v) is 1.31. The molecular weight excluding hydrogens is 164 g/mol. The molecule has 0 saturated heterocycles. The zero-order valence-corrected chi connectivity index (χ0v) is 7.02. The maximum Gasteiger partial charge on any atom is 2.00 e. The summed E-state index contributed by atoms with van der Waals surface area (Å²) in [6, 6.07) is 0. The van der Waals surface area contributed by atoms with Gasteiger partial charge in [0, 0.05) is 0 Å². The summed E-state index contributed by atoms with van der Waals surface area (Å²) < 4.78 is 1.28. The van der Waals surface area contributed by atoms with E-state index in [0.29, 0.717) is 0 Å². The standard InChI is InChI=1S/C5H5Br.Mg.2H/c6-5-3-1-2-4-5;;;/h1-3H,4H2;;;/q;+2;2*-1. The van der Waals surface area contributed by atoms with Crippen molar-refractivity contribution in [1.29, 1.82) is 0 Å². The fraction of sp³-hybridized carbons (Fsp3) is 0.200. The average Bonchev–Trinajstić information content (AvgIpc) is 1.86. The van der Waals surface area contributed by atoms with Crippen molar-refractivity contribution in [3.8, 4) is 0 Å². The van der Waals surface area contributed by atoms with Gasteiger partial charge in [-0.3, -0.25) is 0 Å². The zero-order chi connectivity index (χ0) is 4.41. The van der Waals surface area contributed by atoms with Crippen LogP contribution in [0.1, 0.15) is 9.27 Å². The van der Waals surface area contributed by atoms with E-state index in [0.717, 1.165) is 6.42 Å². The van der Waals surface area contributed by atoms with Gasteiger partial charge < -0.3 is 2.85 Å². The number of hydrogen-bond acceptors (Lipinski definition) is 0. The van der Waals surface area contributed by atoms with Gasteiger partial charge in [0.15, 0.2) is 0 Å². The third kappa shape index (κ3) is 2.52. The van der Waals surface area contributed by atoms with Crippen LogP contribution in [0.3, 0.4) is 0 Å². The second-order valence-electron chi connectivity index (χ2n) is 1.25. The van der Waals surface area contributed by atoms with Crippen LogP contribution in [0.15, 0.2) is 22.7 Å². The molecule has 1 aliphatic carbocycles. The van der Waals surface area contributed by atoms with E-state index in [2.05, 4.69) is 28.1 Å². The Hall–Kier alpha value is 0.726. The summed E-state index contributed by atoms with van der Waals surface area (Å²) in [5.41, 5.74) is 0. The van der Waals surface area contributed by atoms with Gasteiger partial charge in [0.2, 0.25) is 0 Å². The molecule has 1 aliphatic rings. The molecule has 36 valence electrons. The van der Waals surface area contributed by atoms with Crippen LogP contribution in [0.25, 0.3) is 0 Å². The van der Waals surface area contributed by atoms with Gasteiger partial charge in [-0.15, -0.1) is 0 Å². The van der Waals surface area contributed by atoms with E-state index in [1.165, 1.54) is 4.48 Å². The Balaban J connectivity index is -0.000000120. The molecule has 0 aromatic carbocycles. The summed E-state index contributed by atoms with van der Waals surface area (Å²) in [5.74, 6) is 0. The van der Waals surface area contributed by atoms with E-state index in [1.807, 2.05) is 6.08 Å². The molecule has 0 saturated carbocycles. The van der Waals surface area contributed by atoms with Crippen LogP contribution in [0.2, 0.25) is 0 Å². The molecule has 0 atom stereocenters. The number of rotatable bonds is 0. The van der Waals surface area contributed by atoms with Gasteiger partial charge in [0.1, 0.15) is 0 Å². The summed E-state index contributed by atoms with van der Waals surface area (Å²) in [6.45, 7) is 0. The second kappa shape index (κ2) is 3.69. The van der Waals surface area contributed by atoms with Crippen molar-refractivity contribution < 1.29 is 2.85 Å². The van der Waals surface area contributed by atoms with Crippen molar-refractivity contribution in [2.75, 3.05) is 0 Å². The fourth-order valence-corrected chi connectivity index (χ4v) is 0.761. The molecule has 0 bridgehead atoms. The second-order valence-corrected chi connectivity index (χ2v) is 2.26. The molecule has 0 radical (unpaired) electrons. The van der Waals surface area contributed by atoms with Crippen molar-refractivity contribution in [1.82, 2.24) is 0 Å². The van der Waals surface area contributed by atoms with Crippen LogP contribution < -0.4 is 0 Å². The van der Waals surface area contributed by atoms with Gasteiger partial charge in [0.25, 0.3) is 0 Å². The van der Waals surface area contributed by atoms with Crippen LogP contribution >= 0.6 is 15.9 Å². The smallest absolute Gasteiger partial charge is 1.00 e. The van der Waals surface area contributed by atoms with Gasteiger partial charge in [0.05, 0.1) is 0 Å². The molecule has 1 rings (SSSR count). The number of halogens is 1. The van der Waals surface area contributed by atoms with E-state index >= 15 is 0 Å². The summed E-state index contributed by atoms with van der Waals surface area (Å²) in [6.07, 6.45) is 7.30. The van der Waals surface area contributed by atoms with Crippen molar-refractivity contribution in [2.45, 2.75) is 6.42 Å². The predicted octanol–water partition coefficient (Wildman–Crippen LogP) is 2.07. The maximum atomic E-state index is 3.34.